The maximum absolute atomic E-state index is 13.1. The Kier molecular flexibility index (Phi) is 6.09. The van der Waals surface area contributed by atoms with Crippen LogP contribution in [0.2, 0.25) is 0 Å². The van der Waals surface area contributed by atoms with E-state index < -0.39 is 0 Å². The summed E-state index contributed by atoms with van der Waals surface area (Å²) in [5, 5.41) is 5.76. The lowest BCUT2D eigenvalue weighted by Crippen LogP contribution is -2.47. The summed E-state index contributed by atoms with van der Waals surface area (Å²) in [7, 11) is 0. The summed E-state index contributed by atoms with van der Waals surface area (Å²) in [5.41, 5.74) is 3.07. The third-order valence-electron chi connectivity index (χ3n) is 4.91. The highest BCUT2D eigenvalue weighted by molar-refractivity contribution is 6.05. The summed E-state index contributed by atoms with van der Waals surface area (Å²) in [6, 6.07) is 10.8. The number of hydrogen-bond acceptors (Lipinski definition) is 3. The molecule has 2 aromatic carbocycles. The van der Waals surface area contributed by atoms with Gasteiger partial charge in [0, 0.05) is 30.0 Å². The average Bonchev–Trinajstić information content (AvgIpc) is 2.71. The van der Waals surface area contributed by atoms with E-state index in [1.807, 2.05) is 25.1 Å². The van der Waals surface area contributed by atoms with Crippen molar-refractivity contribution >= 4 is 23.2 Å². The third-order valence-corrected chi connectivity index (χ3v) is 4.91. The van der Waals surface area contributed by atoms with E-state index in [1.165, 1.54) is 24.3 Å². The number of nitrogens with one attached hydrogen (secondary N) is 2. The van der Waals surface area contributed by atoms with E-state index in [2.05, 4.69) is 22.1 Å². The van der Waals surface area contributed by atoms with Gasteiger partial charge in [-0.1, -0.05) is 12.1 Å². The number of rotatable bonds is 6. The summed E-state index contributed by atoms with van der Waals surface area (Å²) < 4.78 is 13.1. The van der Waals surface area contributed by atoms with Crippen LogP contribution in [0.5, 0.6) is 0 Å². The molecule has 6 heteroatoms. The maximum atomic E-state index is 13.1. The summed E-state index contributed by atoms with van der Waals surface area (Å²) in [6.07, 6.45) is 3.35. The summed E-state index contributed by atoms with van der Waals surface area (Å²) in [4.78, 5) is 27.0. The number of anilines is 2. The first-order valence-electron chi connectivity index (χ1n) is 9.35. The molecule has 28 heavy (non-hydrogen) atoms. The monoisotopic (exact) mass is 381 g/mol. The molecule has 0 radical (unpaired) electrons. The minimum atomic E-state index is -0.381. The molecule has 1 aliphatic heterocycles. The Labute approximate surface area is 164 Å². The fourth-order valence-electron chi connectivity index (χ4n) is 3.43. The Hall–Kier alpha value is -3.15. The quantitative estimate of drug-likeness (QED) is 0.753. The molecule has 0 spiro atoms. The lowest BCUT2D eigenvalue weighted by molar-refractivity contribution is -0.121. The van der Waals surface area contributed by atoms with E-state index in [-0.39, 0.29) is 23.7 Å². The average molecular weight is 381 g/mol. The second kappa shape index (κ2) is 8.69. The molecule has 2 N–H and O–H groups in total. The minimum absolute atomic E-state index is 0.0616. The highest BCUT2D eigenvalue weighted by atomic mass is 19.1. The van der Waals surface area contributed by atoms with Crippen molar-refractivity contribution in [1.29, 1.82) is 0 Å². The fourth-order valence-corrected chi connectivity index (χ4v) is 3.43. The molecule has 1 atom stereocenters. The second-order valence-electron chi connectivity index (χ2n) is 6.77. The summed E-state index contributed by atoms with van der Waals surface area (Å²) >= 11 is 0. The molecule has 0 bridgehead atoms. The number of halogens is 1. The molecule has 5 nitrogen and oxygen atoms in total. The van der Waals surface area contributed by atoms with Gasteiger partial charge < -0.3 is 15.5 Å². The molecule has 146 valence electrons. The van der Waals surface area contributed by atoms with Crippen molar-refractivity contribution in [2.24, 2.45) is 0 Å². The van der Waals surface area contributed by atoms with Gasteiger partial charge >= 0.3 is 0 Å². The molecule has 3 rings (SSSR count). The van der Waals surface area contributed by atoms with Crippen molar-refractivity contribution in [3.8, 4) is 0 Å². The lowest BCUT2D eigenvalue weighted by atomic mass is 9.97. The smallest absolute Gasteiger partial charge is 0.255 e. The first kappa shape index (κ1) is 19.6. The van der Waals surface area contributed by atoms with E-state index in [1.54, 1.807) is 6.08 Å². The number of amides is 2. The van der Waals surface area contributed by atoms with Crippen LogP contribution in [-0.2, 0) is 11.2 Å². The van der Waals surface area contributed by atoms with E-state index >= 15 is 0 Å². The van der Waals surface area contributed by atoms with E-state index in [4.69, 9.17) is 0 Å². The van der Waals surface area contributed by atoms with Gasteiger partial charge in [0.05, 0.1) is 0 Å². The predicted octanol–water partition coefficient (Wildman–Crippen LogP) is 3.52. The lowest BCUT2D eigenvalue weighted by Gasteiger charge is -2.36. The highest BCUT2D eigenvalue weighted by Gasteiger charge is 2.27. The molecular weight excluding hydrogens is 357 g/mol. The zero-order chi connectivity index (χ0) is 20.1. The highest BCUT2D eigenvalue weighted by Crippen LogP contribution is 2.34. The largest absolute Gasteiger partial charge is 0.359 e. The predicted molar refractivity (Wildman–Crippen MR) is 109 cm³/mol. The Morgan fingerprint density at radius 2 is 2.00 bits per heavy atom. The molecule has 2 amide bonds. The van der Waals surface area contributed by atoms with Gasteiger partial charge in [-0.15, -0.1) is 6.58 Å². The molecule has 0 saturated carbocycles. The molecule has 1 heterocycles. The van der Waals surface area contributed by atoms with Gasteiger partial charge in [0.15, 0.2) is 0 Å². The zero-order valence-electron chi connectivity index (χ0n) is 15.9. The molecule has 0 aromatic heterocycles. The Balaban J connectivity index is 1.82. The normalized spacial score (nSPS) is 14.0. The Morgan fingerprint density at radius 1 is 1.25 bits per heavy atom. The van der Waals surface area contributed by atoms with Crippen LogP contribution in [0.4, 0.5) is 15.8 Å². The molecular formula is C22H24FN3O2. The van der Waals surface area contributed by atoms with E-state index in [0.29, 0.717) is 12.1 Å². The van der Waals surface area contributed by atoms with Gasteiger partial charge in [0.25, 0.3) is 5.91 Å². The second-order valence-corrected chi connectivity index (χ2v) is 6.77. The van der Waals surface area contributed by atoms with Crippen LogP contribution in [0, 0.1) is 5.82 Å². The van der Waals surface area contributed by atoms with E-state index in [0.717, 1.165) is 36.3 Å². The van der Waals surface area contributed by atoms with Crippen LogP contribution in [-0.4, -0.2) is 30.9 Å². The van der Waals surface area contributed by atoms with Crippen molar-refractivity contribution in [2.75, 3.05) is 23.3 Å². The van der Waals surface area contributed by atoms with Crippen LogP contribution in [0.15, 0.2) is 55.1 Å². The fraction of sp³-hybridized carbons (Fsp3) is 0.273. The number of benzene rings is 2. The molecule has 0 fully saturated rings. The molecule has 2 aromatic rings. The van der Waals surface area contributed by atoms with Gasteiger partial charge in [-0.25, -0.2) is 4.39 Å². The topological polar surface area (TPSA) is 61.4 Å². The van der Waals surface area contributed by atoms with Crippen LogP contribution in [0.3, 0.4) is 0 Å². The zero-order valence-corrected chi connectivity index (χ0v) is 15.9. The summed E-state index contributed by atoms with van der Waals surface area (Å²) in [6.45, 7) is 6.69. The Bertz CT molecular complexity index is 880. The number of fused-ring (bicyclic) bond motifs is 1. The van der Waals surface area contributed by atoms with Gasteiger partial charge in [-0.3, -0.25) is 9.59 Å². The Morgan fingerprint density at radius 3 is 2.71 bits per heavy atom. The summed E-state index contributed by atoms with van der Waals surface area (Å²) in [5.74, 6) is -0.733. The molecule has 1 aliphatic rings. The van der Waals surface area contributed by atoms with Crippen LogP contribution in [0.25, 0.3) is 0 Å². The number of hydrogen-bond donors (Lipinski definition) is 2. The van der Waals surface area contributed by atoms with E-state index in [9.17, 15) is 14.0 Å². The van der Waals surface area contributed by atoms with Gasteiger partial charge in [0.1, 0.15) is 11.9 Å². The SMILES string of the molecule is C=CCNC(=O)C(C)N1CCCc2c(NC(=O)c3ccc(F)cc3)cccc21. The first-order valence-corrected chi connectivity index (χ1v) is 9.35. The molecule has 1 unspecified atom stereocenters. The maximum Gasteiger partial charge on any atom is 0.255 e. The van der Waals surface area contributed by atoms with Crippen LogP contribution >= 0.6 is 0 Å². The van der Waals surface area contributed by atoms with Crippen molar-refractivity contribution in [3.05, 3.63) is 72.1 Å². The number of carbonyl (C=O) groups excluding carboxylic acids is 2. The molecule has 0 saturated heterocycles. The third kappa shape index (κ3) is 4.22. The van der Waals surface area contributed by atoms with Crippen LogP contribution < -0.4 is 15.5 Å². The van der Waals surface area contributed by atoms with Crippen molar-refractivity contribution in [3.63, 3.8) is 0 Å². The molecule has 0 aliphatic carbocycles. The first-order chi connectivity index (χ1) is 13.5. The van der Waals surface area contributed by atoms with Crippen molar-refractivity contribution in [1.82, 2.24) is 5.32 Å². The number of nitrogens with zero attached hydrogens (tertiary/aromatic N) is 1. The minimum Gasteiger partial charge on any atom is -0.359 e. The van der Waals surface area contributed by atoms with Gasteiger partial charge in [-0.05, 0) is 61.7 Å². The standard InChI is InChI=1S/C22H24FN3O2/c1-3-13-24-21(27)15(2)26-14-5-6-18-19(7-4-8-20(18)26)25-22(28)16-9-11-17(23)12-10-16/h3-4,7-12,15H,1,5-6,13-14H2,2H3,(H,24,27)(H,25,28). The van der Waals surface area contributed by atoms with Crippen molar-refractivity contribution < 1.29 is 14.0 Å². The number of carbonyl (C=O) groups is 2. The van der Waals surface area contributed by atoms with Crippen molar-refractivity contribution in [2.45, 2.75) is 25.8 Å². The van der Waals surface area contributed by atoms with Crippen LogP contribution in [0.1, 0.15) is 29.3 Å². The van der Waals surface area contributed by atoms with Gasteiger partial charge in [-0.2, -0.15) is 0 Å². The van der Waals surface area contributed by atoms with Gasteiger partial charge in [0.2, 0.25) is 5.91 Å².